The van der Waals surface area contributed by atoms with E-state index in [9.17, 15) is 10.1 Å². The molecule has 3 nitrogen and oxygen atoms in total. The first-order valence-corrected chi connectivity index (χ1v) is 8.62. The Morgan fingerprint density at radius 1 is 1.26 bits per heavy atom. The van der Waals surface area contributed by atoms with Crippen LogP contribution in [-0.4, -0.2) is 4.57 Å². The summed E-state index contributed by atoms with van der Waals surface area (Å²) in [5.74, 6) is 0. The van der Waals surface area contributed by atoms with E-state index in [0.29, 0.717) is 5.56 Å². The first-order chi connectivity index (χ1) is 11.2. The molecular formula is C19H18N2OS. The van der Waals surface area contributed by atoms with Crippen LogP contribution >= 0.6 is 11.3 Å². The number of aromatic nitrogens is 1. The van der Waals surface area contributed by atoms with Crippen LogP contribution in [0.4, 0.5) is 0 Å². The van der Waals surface area contributed by atoms with Crippen LogP contribution in [0.5, 0.6) is 0 Å². The molecule has 116 valence electrons. The van der Waals surface area contributed by atoms with Crippen molar-refractivity contribution in [3.63, 3.8) is 0 Å². The predicted molar refractivity (Wildman–Crippen MR) is 95.9 cm³/mol. The molecule has 0 aliphatic rings. The number of thiazole rings is 1. The van der Waals surface area contributed by atoms with Gasteiger partial charge in [0.05, 0.1) is 21.8 Å². The summed E-state index contributed by atoms with van der Waals surface area (Å²) in [6, 6.07) is 16.0. The minimum Gasteiger partial charge on any atom is -0.296 e. The van der Waals surface area contributed by atoms with E-state index in [4.69, 9.17) is 0 Å². The summed E-state index contributed by atoms with van der Waals surface area (Å²) in [6.07, 6.45) is 2.04. The molecule has 0 bridgehead atoms. The van der Waals surface area contributed by atoms with E-state index in [1.54, 1.807) is 0 Å². The number of hydrogen-bond donors (Lipinski definition) is 0. The molecule has 0 N–H and O–H groups in total. The van der Waals surface area contributed by atoms with Gasteiger partial charge in [-0.3, -0.25) is 9.36 Å². The fourth-order valence-electron chi connectivity index (χ4n) is 3.00. The van der Waals surface area contributed by atoms with Crippen LogP contribution in [-0.2, 0) is 0 Å². The molecule has 3 aromatic rings. The van der Waals surface area contributed by atoms with Crippen molar-refractivity contribution >= 4 is 21.6 Å². The topological polar surface area (TPSA) is 45.8 Å². The number of hydrogen-bond acceptors (Lipinski definition) is 3. The predicted octanol–water partition coefficient (Wildman–Crippen LogP) is 4.96. The molecule has 1 heterocycles. The highest BCUT2D eigenvalue weighted by Gasteiger charge is 2.14. The lowest BCUT2D eigenvalue weighted by Gasteiger charge is -2.12. The summed E-state index contributed by atoms with van der Waals surface area (Å²) in [5.41, 5.74) is 3.52. The van der Waals surface area contributed by atoms with Gasteiger partial charge in [-0.2, -0.15) is 5.26 Å². The Balaban J connectivity index is 2.15. The molecule has 1 aromatic heterocycles. The van der Waals surface area contributed by atoms with E-state index in [-0.39, 0.29) is 10.9 Å². The van der Waals surface area contributed by atoms with Crippen LogP contribution in [0.25, 0.3) is 21.3 Å². The molecule has 0 saturated heterocycles. The third kappa shape index (κ3) is 2.80. The van der Waals surface area contributed by atoms with Gasteiger partial charge in [-0.25, -0.2) is 0 Å². The summed E-state index contributed by atoms with van der Waals surface area (Å²) in [5, 5.41) is 9.27. The number of rotatable bonds is 4. The molecule has 23 heavy (non-hydrogen) atoms. The van der Waals surface area contributed by atoms with E-state index < -0.39 is 0 Å². The van der Waals surface area contributed by atoms with Crippen LogP contribution in [0.1, 0.15) is 38.3 Å². The highest BCUT2D eigenvalue weighted by Crippen LogP contribution is 2.30. The molecule has 1 atom stereocenters. The van der Waals surface area contributed by atoms with Crippen LogP contribution in [0, 0.1) is 11.3 Å². The van der Waals surface area contributed by atoms with Crippen molar-refractivity contribution < 1.29 is 0 Å². The van der Waals surface area contributed by atoms with Gasteiger partial charge in [0.25, 0.3) is 0 Å². The Morgan fingerprint density at radius 3 is 2.78 bits per heavy atom. The van der Waals surface area contributed by atoms with Crippen molar-refractivity contribution in [2.24, 2.45) is 0 Å². The van der Waals surface area contributed by atoms with Gasteiger partial charge in [-0.1, -0.05) is 48.9 Å². The summed E-state index contributed by atoms with van der Waals surface area (Å²) >= 11 is 1.28. The standard InChI is InChI=1S/C19H18N2OS/c1-3-6-13(2)21-17-10-9-14(11-18(17)23-19(21)22)16-8-5-4-7-15(16)12-20/h4-5,7-11,13H,3,6H2,1-2H3/t13-/m1/s1. The Morgan fingerprint density at radius 2 is 2.04 bits per heavy atom. The van der Waals surface area contributed by atoms with Gasteiger partial charge in [0.15, 0.2) is 0 Å². The van der Waals surface area contributed by atoms with Crippen molar-refractivity contribution in [3.05, 3.63) is 57.7 Å². The first-order valence-electron chi connectivity index (χ1n) is 7.80. The van der Waals surface area contributed by atoms with Crippen LogP contribution < -0.4 is 4.87 Å². The Hall–Kier alpha value is -2.38. The highest BCUT2D eigenvalue weighted by molar-refractivity contribution is 7.16. The molecule has 4 heteroatoms. The molecule has 3 rings (SSSR count). The molecule has 0 amide bonds. The molecular weight excluding hydrogens is 304 g/mol. The lowest BCUT2D eigenvalue weighted by Crippen LogP contribution is -2.16. The van der Waals surface area contributed by atoms with Crippen molar-refractivity contribution in [3.8, 4) is 17.2 Å². The van der Waals surface area contributed by atoms with Crippen molar-refractivity contribution in [1.29, 1.82) is 5.26 Å². The van der Waals surface area contributed by atoms with Crippen molar-refractivity contribution in [2.75, 3.05) is 0 Å². The average Bonchev–Trinajstić information content (AvgIpc) is 2.89. The first kappa shape index (κ1) is 15.5. The smallest absolute Gasteiger partial charge is 0.296 e. The molecule has 0 fully saturated rings. The molecule has 0 radical (unpaired) electrons. The lowest BCUT2D eigenvalue weighted by atomic mass is 10.0. The minimum atomic E-state index is 0.0895. The van der Waals surface area contributed by atoms with Gasteiger partial charge in [-0.15, -0.1) is 0 Å². The van der Waals surface area contributed by atoms with E-state index >= 15 is 0 Å². The summed E-state index contributed by atoms with van der Waals surface area (Å²) in [4.78, 5) is 12.4. The summed E-state index contributed by atoms with van der Waals surface area (Å²) in [7, 11) is 0. The fourth-order valence-corrected chi connectivity index (χ4v) is 4.02. The molecule has 0 spiro atoms. The van der Waals surface area contributed by atoms with Gasteiger partial charge in [0, 0.05) is 6.04 Å². The Labute approximate surface area is 139 Å². The zero-order valence-electron chi connectivity index (χ0n) is 13.2. The van der Waals surface area contributed by atoms with E-state index in [1.807, 2.05) is 47.0 Å². The van der Waals surface area contributed by atoms with E-state index in [1.165, 1.54) is 11.3 Å². The van der Waals surface area contributed by atoms with Crippen LogP contribution in [0.15, 0.2) is 47.3 Å². The molecule has 0 saturated carbocycles. The number of nitrogens with zero attached hydrogens (tertiary/aromatic N) is 2. The highest BCUT2D eigenvalue weighted by atomic mass is 32.1. The Kier molecular flexibility index (Phi) is 4.31. The zero-order valence-corrected chi connectivity index (χ0v) is 14.1. The third-order valence-corrected chi connectivity index (χ3v) is 5.04. The van der Waals surface area contributed by atoms with Gasteiger partial charge in [0.2, 0.25) is 0 Å². The average molecular weight is 322 g/mol. The van der Waals surface area contributed by atoms with Gasteiger partial charge < -0.3 is 0 Å². The number of nitriles is 1. The second-order valence-electron chi connectivity index (χ2n) is 5.72. The second-order valence-corrected chi connectivity index (χ2v) is 6.71. The molecule has 0 aliphatic carbocycles. The summed E-state index contributed by atoms with van der Waals surface area (Å²) in [6.45, 7) is 4.23. The number of fused-ring (bicyclic) bond motifs is 1. The van der Waals surface area contributed by atoms with Crippen molar-refractivity contribution in [2.45, 2.75) is 32.7 Å². The molecule has 0 unspecified atom stereocenters. The normalized spacial score (nSPS) is 12.2. The Bertz CT molecular complexity index is 946. The van der Waals surface area contributed by atoms with Crippen molar-refractivity contribution in [1.82, 2.24) is 4.57 Å². The molecule has 2 aromatic carbocycles. The maximum atomic E-state index is 12.4. The minimum absolute atomic E-state index is 0.0895. The maximum Gasteiger partial charge on any atom is 0.308 e. The largest absolute Gasteiger partial charge is 0.308 e. The third-order valence-electron chi connectivity index (χ3n) is 4.12. The number of benzene rings is 2. The van der Waals surface area contributed by atoms with Crippen LogP contribution in [0.2, 0.25) is 0 Å². The lowest BCUT2D eigenvalue weighted by molar-refractivity contribution is 0.507. The van der Waals surface area contributed by atoms with Gasteiger partial charge >= 0.3 is 4.87 Å². The quantitative estimate of drug-likeness (QED) is 0.681. The maximum absolute atomic E-state index is 12.4. The van der Waals surface area contributed by atoms with Gasteiger partial charge in [-0.05, 0) is 42.7 Å². The summed E-state index contributed by atoms with van der Waals surface area (Å²) < 4.78 is 2.87. The SMILES string of the molecule is CCC[C@@H](C)n1c(=O)sc2cc(-c3ccccc3C#N)ccc21. The van der Waals surface area contributed by atoms with Gasteiger partial charge in [0.1, 0.15) is 0 Å². The zero-order chi connectivity index (χ0) is 16.4. The molecule has 0 aliphatic heterocycles. The monoisotopic (exact) mass is 322 g/mol. The fraction of sp³-hybridized carbons (Fsp3) is 0.263. The van der Waals surface area contributed by atoms with E-state index in [2.05, 4.69) is 19.9 Å². The van der Waals surface area contributed by atoms with E-state index in [0.717, 1.165) is 34.2 Å². The van der Waals surface area contributed by atoms with Crippen LogP contribution in [0.3, 0.4) is 0 Å². The second kappa shape index (κ2) is 6.39.